The summed E-state index contributed by atoms with van der Waals surface area (Å²) in [6.45, 7) is 3.87. The molecule has 2 aromatic carbocycles. The van der Waals surface area contributed by atoms with Gasteiger partial charge in [0.15, 0.2) is 0 Å². The van der Waals surface area contributed by atoms with Crippen LogP contribution in [-0.2, 0) is 0 Å². The monoisotopic (exact) mass is 274 g/mol. The molecule has 0 amide bonds. The van der Waals surface area contributed by atoms with E-state index in [1.165, 1.54) is 0 Å². The molecule has 0 aliphatic rings. The summed E-state index contributed by atoms with van der Waals surface area (Å²) in [4.78, 5) is 0. The first-order valence-corrected chi connectivity index (χ1v) is 6.24. The predicted molar refractivity (Wildman–Crippen MR) is 78.5 cm³/mol. The molecule has 0 bridgehead atoms. The quantitative estimate of drug-likeness (QED) is 0.656. The molecule has 0 unspecified atom stereocenters. The van der Waals surface area contributed by atoms with E-state index in [0.29, 0.717) is 10.6 Å². The van der Waals surface area contributed by atoms with Gasteiger partial charge in [0.05, 0.1) is 0 Å². The van der Waals surface area contributed by atoms with Gasteiger partial charge >= 0.3 is 0 Å². The number of rotatable bonds is 3. The molecule has 3 N–H and O–H groups in total. The number of benzene rings is 2. The summed E-state index contributed by atoms with van der Waals surface area (Å²) in [5, 5.41) is 8.09. The van der Waals surface area contributed by atoms with Crippen LogP contribution < -0.4 is 10.5 Å². The molecule has 0 radical (unpaired) electrons. The minimum atomic E-state index is 0.0531. The summed E-state index contributed by atoms with van der Waals surface area (Å²) in [7, 11) is 0. The average Bonchev–Trinajstić information content (AvgIpc) is 2.34. The molecular formula is C15H15ClN2O. The van der Waals surface area contributed by atoms with E-state index in [-0.39, 0.29) is 5.84 Å². The van der Waals surface area contributed by atoms with E-state index in [9.17, 15) is 0 Å². The number of halogens is 1. The van der Waals surface area contributed by atoms with Crippen LogP contribution in [0.4, 0.5) is 0 Å². The molecule has 0 spiro atoms. The van der Waals surface area contributed by atoms with Crippen LogP contribution in [0.25, 0.3) is 0 Å². The fraction of sp³-hybridized carbons (Fsp3) is 0.133. The van der Waals surface area contributed by atoms with Crippen molar-refractivity contribution in [2.45, 2.75) is 13.8 Å². The molecule has 0 heterocycles. The largest absolute Gasteiger partial charge is 0.457 e. The lowest BCUT2D eigenvalue weighted by atomic mass is 10.1. The summed E-state index contributed by atoms with van der Waals surface area (Å²) in [5.41, 5.74) is 8.05. The Morgan fingerprint density at radius 2 is 1.63 bits per heavy atom. The number of nitrogens with one attached hydrogen (secondary N) is 1. The first-order chi connectivity index (χ1) is 8.97. The summed E-state index contributed by atoms with van der Waals surface area (Å²) >= 11 is 5.91. The molecule has 0 fully saturated rings. The van der Waals surface area contributed by atoms with Crippen molar-refractivity contribution >= 4 is 17.4 Å². The molecule has 0 aromatic heterocycles. The zero-order valence-electron chi connectivity index (χ0n) is 10.8. The minimum absolute atomic E-state index is 0.0531. The maximum atomic E-state index is 7.40. The van der Waals surface area contributed by atoms with Gasteiger partial charge in [-0.15, -0.1) is 0 Å². The molecule has 0 aliphatic carbocycles. The van der Waals surface area contributed by atoms with Gasteiger partial charge in [-0.2, -0.15) is 0 Å². The van der Waals surface area contributed by atoms with Crippen molar-refractivity contribution in [3.8, 4) is 11.5 Å². The van der Waals surface area contributed by atoms with E-state index in [1.54, 1.807) is 12.1 Å². The van der Waals surface area contributed by atoms with E-state index < -0.39 is 0 Å². The Hall–Kier alpha value is -2.00. The molecule has 3 nitrogen and oxygen atoms in total. The third kappa shape index (κ3) is 3.06. The van der Waals surface area contributed by atoms with Gasteiger partial charge in [0.1, 0.15) is 17.3 Å². The van der Waals surface area contributed by atoms with Crippen molar-refractivity contribution in [2.24, 2.45) is 5.73 Å². The highest BCUT2D eigenvalue weighted by Gasteiger charge is 2.06. The first kappa shape index (κ1) is 13.4. The van der Waals surface area contributed by atoms with Crippen LogP contribution in [0.5, 0.6) is 11.5 Å². The zero-order valence-corrected chi connectivity index (χ0v) is 11.6. The Bertz CT molecular complexity index is 638. The van der Waals surface area contributed by atoms with Crippen LogP contribution in [0.1, 0.15) is 16.7 Å². The summed E-state index contributed by atoms with van der Waals surface area (Å²) in [5.74, 6) is 1.57. The van der Waals surface area contributed by atoms with Crippen LogP contribution >= 0.6 is 11.6 Å². The lowest BCUT2D eigenvalue weighted by molar-refractivity contribution is 0.475. The SMILES string of the molecule is Cc1cc(Cl)ccc1Oc1ccc(C(=N)N)cc1C. The van der Waals surface area contributed by atoms with Gasteiger partial charge < -0.3 is 10.5 Å². The Morgan fingerprint density at radius 1 is 1.05 bits per heavy atom. The number of hydrogen-bond donors (Lipinski definition) is 2. The number of amidine groups is 1. The van der Waals surface area contributed by atoms with Crippen molar-refractivity contribution in [1.29, 1.82) is 5.41 Å². The summed E-state index contributed by atoms with van der Waals surface area (Å²) in [6.07, 6.45) is 0. The van der Waals surface area contributed by atoms with Crippen molar-refractivity contribution < 1.29 is 4.74 Å². The van der Waals surface area contributed by atoms with E-state index in [4.69, 9.17) is 27.5 Å². The second kappa shape index (κ2) is 5.33. The lowest BCUT2D eigenvalue weighted by Crippen LogP contribution is -2.11. The standard InChI is InChI=1S/C15H15ClN2O/c1-9-7-11(15(17)18)3-5-13(9)19-14-6-4-12(16)8-10(14)2/h3-8H,1-2H3,(H3,17,18). The van der Waals surface area contributed by atoms with Gasteiger partial charge in [-0.25, -0.2) is 0 Å². The fourth-order valence-corrected chi connectivity index (χ4v) is 2.00. The van der Waals surface area contributed by atoms with Crippen LogP contribution in [0.15, 0.2) is 36.4 Å². The maximum absolute atomic E-state index is 7.40. The van der Waals surface area contributed by atoms with Gasteiger partial charge in [0, 0.05) is 10.6 Å². The molecule has 0 saturated heterocycles. The highest BCUT2D eigenvalue weighted by atomic mass is 35.5. The lowest BCUT2D eigenvalue weighted by Gasteiger charge is -2.12. The number of hydrogen-bond acceptors (Lipinski definition) is 2. The maximum Gasteiger partial charge on any atom is 0.130 e. The predicted octanol–water partition coefficient (Wildman–Crippen LogP) is 4.03. The van der Waals surface area contributed by atoms with E-state index in [2.05, 4.69) is 0 Å². The Kier molecular flexibility index (Phi) is 3.76. The van der Waals surface area contributed by atoms with Crippen LogP contribution in [-0.4, -0.2) is 5.84 Å². The second-order valence-corrected chi connectivity index (χ2v) is 4.84. The Morgan fingerprint density at radius 3 is 2.16 bits per heavy atom. The first-order valence-electron chi connectivity index (χ1n) is 5.86. The van der Waals surface area contributed by atoms with Crippen LogP contribution in [0.3, 0.4) is 0 Å². The fourth-order valence-electron chi connectivity index (χ4n) is 1.78. The van der Waals surface area contributed by atoms with E-state index in [1.807, 2.05) is 38.1 Å². The molecular weight excluding hydrogens is 260 g/mol. The molecule has 98 valence electrons. The molecule has 0 atom stereocenters. The number of nitrogens with two attached hydrogens (primary N) is 1. The number of aryl methyl sites for hydroxylation is 2. The van der Waals surface area contributed by atoms with Crippen molar-refractivity contribution in [2.75, 3.05) is 0 Å². The normalized spacial score (nSPS) is 10.3. The summed E-state index contributed by atoms with van der Waals surface area (Å²) in [6, 6.07) is 10.9. The van der Waals surface area contributed by atoms with Crippen molar-refractivity contribution in [3.63, 3.8) is 0 Å². The Labute approximate surface area is 117 Å². The molecule has 2 rings (SSSR count). The van der Waals surface area contributed by atoms with Crippen molar-refractivity contribution in [1.82, 2.24) is 0 Å². The van der Waals surface area contributed by atoms with Gasteiger partial charge in [-0.3, -0.25) is 5.41 Å². The zero-order chi connectivity index (χ0) is 14.0. The highest BCUT2D eigenvalue weighted by molar-refractivity contribution is 6.30. The minimum Gasteiger partial charge on any atom is -0.457 e. The van der Waals surface area contributed by atoms with E-state index in [0.717, 1.165) is 22.6 Å². The van der Waals surface area contributed by atoms with Gasteiger partial charge in [-0.05, 0) is 61.4 Å². The molecule has 2 aromatic rings. The van der Waals surface area contributed by atoms with Gasteiger partial charge in [-0.1, -0.05) is 11.6 Å². The molecule has 4 heteroatoms. The number of nitrogen functional groups attached to an aromatic ring is 1. The second-order valence-electron chi connectivity index (χ2n) is 4.41. The van der Waals surface area contributed by atoms with Gasteiger partial charge in [0.25, 0.3) is 0 Å². The third-order valence-corrected chi connectivity index (χ3v) is 3.08. The molecule has 0 aliphatic heterocycles. The summed E-state index contributed by atoms with van der Waals surface area (Å²) < 4.78 is 5.86. The smallest absolute Gasteiger partial charge is 0.130 e. The average molecular weight is 275 g/mol. The topological polar surface area (TPSA) is 59.1 Å². The molecule has 19 heavy (non-hydrogen) atoms. The highest BCUT2D eigenvalue weighted by Crippen LogP contribution is 2.29. The van der Waals surface area contributed by atoms with E-state index >= 15 is 0 Å². The van der Waals surface area contributed by atoms with Crippen molar-refractivity contribution in [3.05, 3.63) is 58.1 Å². The molecule has 0 saturated carbocycles. The third-order valence-electron chi connectivity index (χ3n) is 2.84. The van der Waals surface area contributed by atoms with Crippen LogP contribution in [0, 0.1) is 19.3 Å². The van der Waals surface area contributed by atoms with Crippen LogP contribution in [0.2, 0.25) is 5.02 Å². The van der Waals surface area contributed by atoms with Gasteiger partial charge in [0.2, 0.25) is 0 Å². The number of ether oxygens (including phenoxy) is 1. The Balaban J connectivity index is 2.31.